The van der Waals surface area contributed by atoms with Crippen LogP contribution in [0.25, 0.3) is 0 Å². The molecule has 2 aromatic carbocycles. The monoisotopic (exact) mass is 230 g/mol. The zero-order valence-corrected chi connectivity index (χ0v) is 9.28. The topological polar surface area (TPSA) is 53.0 Å². The van der Waals surface area contributed by atoms with Gasteiger partial charge in [-0.05, 0) is 29.8 Å². The molecule has 1 aliphatic rings. The van der Waals surface area contributed by atoms with Gasteiger partial charge in [0.15, 0.2) is 0 Å². The van der Waals surface area contributed by atoms with Crippen molar-refractivity contribution in [3.63, 3.8) is 0 Å². The molecule has 0 spiro atoms. The number of hydrogen-bond donors (Lipinski definition) is 2. The molecule has 0 saturated carbocycles. The lowest BCUT2D eigenvalue weighted by atomic mass is 10.2. The second kappa shape index (κ2) is 5.37. The highest BCUT2D eigenvalue weighted by atomic mass is 16.6. The molecule has 3 nitrogen and oxygen atoms in total. The van der Waals surface area contributed by atoms with Crippen LogP contribution < -0.4 is 0 Å². The first kappa shape index (κ1) is 11.5. The molecule has 2 N–H and O–H groups in total. The van der Waals surface area contributed by atoms with E-state index >= 15 is 0 Å². The number of aromatic hydroxyl groups is 2. The maximum absolute atomic E-state index is 9.03. The number of phenols is 2. The minimum Gasteiger partial charge on any atom is -0.508 e. The van der Waals surface area contributed by atoms with Gasteiger partial charge in [0, 0.05) is 0 Å². The van der Waals surface area contributed by atoms with Gasteiger partial charge in [-0.2, -0.15) is 0 Å². The first-order valence-corrected chi connectivity index (χ1v) is 5.40. The van der Waals surface area contributed by atoms with Crippen molar-refractivity contribution in [3.8, 4) is 11.5 Å². The van der Waals surface area contributed by atoms with E-state index in [0.29, 0.717) is 11.5 Å². The van der Waals surface area contributed by atoms with Crippen LogP contribution in [0.1, 0.15) is 11.7 Å². The fourth-order valence-electron chi connectivity index (χ4n) is 1.39. The molecule has 0 amide bonds. The molecule has 1 aliphatic heterocycles. The summed E-state index contributed by atoms with van der Waals surface area (Å²) in [6, 6.07) is 15.9. The van der Waals surface area contributed by atoms with Crippen molar-refractivity contribution in [1.29, 1.82) is 0 Å². The molecule has 0 aliphatic carbocycles. The van der Waals surface area contributed by atoms with Crippen molar-refractivity contribution in [2.45, 2.75) is 6.10 Å². The smallest absolute Gasteiger partial charge is 0.115 e. The minimum absolute atomic E-state index is 0.243. The van der Waals surface area contributed by atoms with Gasteiger partial charge >= 0.3 is 0 Å². The number of rotatable bonds is 1. The highest BCUT2D eigenvalue weighted by Crippen LogP contribution is 2.30. The van der Waals surface area contributed by atoms with Crippen LogP contribution in [0, 0.1) is 0 Å². The lowest BCUT2D eigenvalue weighted by Gasteiger charge is -1.94. The summed E-state index contributed by atoms with van der Waals surface area (Å²) < 4.78 is 5.04. The third-order valence-electron chi connectivity index (χ3n) is 2.33. The Morgan fingerprint density at radius 1 is 0.882 bits per heavy atom. The number of phenolic OH excluding ortho intramolecular Hbond substituents is 2. The first-order chi connectivity index (χ1) is 8.25. The van der Waals surface area contributed by atoms with E-state index < -0.39 is 0 Å². The summed E-state index contributed by atoms with van der Waals surface area (Å²) in [5, 5.41) is 17.7. The van der Waals surface area contributed by atoms with Gasteiger partial charge in [-0.1, -0.05) is 30.3 Å². The Morgan fingerprint density at radius 2 is 1.53 bits per heavy atom. The molecule has 17 heavy (non-hydrogen) atoms. The van der Waals surface area contributed by atoms with E-state index in [1.807, 2.05) is 18.2 Å². The number of epoxide rings is 1. The Hall–Kier alpha value is -2.00. The van der Waals surface area contributed by atoms with Gasteiger partial charge in [0.05, 0.1) is 6.61 Å². The summed E-state index contributed by atoms with van der Waals surface area (Å²) in [4.78, 5) is 0. The fourth-order valence-corrected chi connectivity index (χ4v) is 1.39. The van der Waals surface area contributed by atoms with E-state index in [-0.39, 0.29) is 6.10 Å². The number of ether oxygens (including phenoxy) is 1. The second-order valence-corrected chi connectivity index (χ2v) is 3.75. The van der Waals surface area contributed by atoms with Gasteiger partial charge in [-0.3, -0.25) is 0 Å². The maximum atomic E-state index is 9.03. The predicted molar refractivity (Wildman–Crippen MR) is 64.9 cm³/mol. The van der Waals surface area contributed by atoms with E-state index in [2.05, 4.69) is 0 Å². The molecule has 1 fully saturated rings. The summed E-state index contributed by atoms with van der Waals surface area (Å²) in [5.74, 6) is 0.635. The van der Waals surface area contributed by atoms with Crippen molar-refractivity contribution >= 4 is 0 Å². The first-order valence-electron chi connectivity index (χ1n) is 5.40. The standard InChI is InChI=1S/C8H8O2.C6H6O/c9-7-3-1-2-6(4-7)8-5-10-8;7-6-4-2-1-3-5-6/h1-4,8-9H,5H2;1-5,7H. The summed E-state index contributed by atoms with van der Waals surface area (Å²) in [7, 11) is 0. The highest BCUT2D eigenvalue weighted by Gasteiger charge is 2.24. The molecule has 0 bridgehead atoms. The molecule has 0 radical (unpaired) electrons. The molecule has 1 atom stereocenters. The van der Waals surface area contributed by atoms with Crippen molar-refractivity contribution in [3.05, 3.63) is 60.2 Å². The van der Waals surface area contributed by atoms with Gasteiger partial charge in [0.2, 0.25) is 0 Å². The molecular formula is C14H14O3. The van der Waals surface area contributed by atoms with Gasteiger partial charge in [-0.15, -0.1) is 0 Å². The summed E-state index contributed by atoms with van der Waals surface area (Å²) in [6.45, 7) is 0.795. The molecular weight excluding hydrogens is 216 g/mol. The highest BCUT2D eigenvalue weighted by molar-refractivity contribution is 5.30. The van der Waals surface area contributed by atoms with Crippen LogP contribution >= 0.6 is 0 Å². The quantitative estimate of drug-likeness (QED) is 0.741. The molecule has 3 rings (SSSR count). The van der Waals surface area contributed by atoms with E-state index in [1.54, 1.807) is 36.4 Å². The van der Waals surface area contributed by atoms with Crippen molar-refractivity contribution in [2.75, 3.05) is 6.61 Å². The van der Waals surface area contributed by atoms with Gasteiger partial charge in [-0.25, -0.2) is 0 Å². The molecule has 88 valence electrons. The van der Waals surface area contributed by atoms with Crippen LogP contribution in [0.5, 0.6) is 11.5 Å². The van der Waals surface area contributed by atoms with Crippen LogP contribution in [-0.2, 0) is 4.74 Å². The van der Waals surface area contributed by atoms with E-state index in [1.165, 1.54) is 0 Å². The summed E-state index contributed by atoms with van der Waals surface area (Å²) in [6.07, 6.45) is 0.243. The fraction of sp³-hybridized carbons (Fsp3) is 0.143. The molecule has 1 heterocycles. The number of hydrogen-bond acceptors (Lipinski definition) is 3. The largest absolute Gasteiger partial charge is 0.508 e. The summed E-state index contributed by atoms with van der Waals surface area (Å²) in [5.41, 5.74) is 1.07. The van der Waals surface area contributed by atoms with Crippen LogP contribution in [0.3, 0.4) is 0 Å². The Morgan fingerprint density at radius 3 is 2.00 bits per heavy atom. The normalized spacial score (nSPS) is 16.8. The van der Waals surface area contributed by atoms with Gasteiger partial charge in [0.1, 0.15) is 17.6 Å². The number of benzene rings is 2. The van der Waals surface area contributed by atoms with E-state index in [9.17, 15) is 0 Å². The number of para-hydroxylation sites is 1. The molecule has 2 aromatic rings. The van der Waals surface area contributed by atoms with Gasteiger partial charge < -0.3 is 14.9 Å². The van der Waals surface area contributed by atoms with E-state index in [0.717, 1.165) is 12.2 Å². The third kappa shape index (κ3) is 3.81. The maximum Gasteiger partial charge on any atom is 0.115 e. The molecule has 1 saturated heterocycles. The Labute approximate surface area is 99.9 Å². The average molecular weight is 230 g/mol. The van der Waals surface area contributed by atoms with Gasteiger partial charge in [0.25, 0.3) is 0 Å². The van der Waals surface area contributed by atoms with Crippen LogP contribution in [0.2, 0.25) is 0 Å². The Bertz CT molecular complexity index is 464. The predicted octanol–water partition coefficient (Wildman–Crippen LogP) is 2.86. The zero-order valence-electron chi connectivity index (χ0n) is 9.28. The summed E-state index contributed by atoms with van der Waals surface area (Å²) >= 11 is 0. The Balaban J connectivity index is 0.000000136. The van der Waals surface area contributed by atoms with Crippen molar-refractivity contribution in [2.24, 2.45) is 0 Å². The van der Waals surface area contributed by atoms with Crippen molar-refractivity contribution < 1.29 is 14.9 Å². The van der Waals surface area contributed by atoms with Crippen LogP contribution in [0.4, 0.5) is 0 Å². The third-order valence-corrected chi connectivity index (χ3v) is 2.33. The lowest BCUT2D eigenvalue weighted by molar-refractivity contribution is 0.413. The molecule has 1 unspecified atom stereocenters. The minimum atomic E-state index is 0.243. The zero-order chi connectivity index (χ0) is 12.1. The molecule has 0 aromatic heterocycles. The van der Waals surface area contributed by atoms with E-state index in [4.69, 9.17) is 14.9 Å². The average Bonchev–Trinajstić information content (AvgIpc) is 3.15. The van der Waals surface area contributed by atoms with Crippen LogP contribution in [-0.4, -0.2) is 16.8 Å². The lowest BCUT2D eigenvalue weighted by Crippen LogP contribution is -1.77. The molecule has 3 heteroatoms. The Kier molecular flexibility index (Phi) is 3.62. The second-order valence-electron chi connectivity index (χ2n) is 3.75. The van der Waals surface area contributed by atoms with Crippen molar-refractivity contribution in [1.82, 2.24) is 0 Å². The SMILES string of the molecule is Oc1cccc(C2CO2)c1.Oc1ccccc1. The van der Waals surface area contributed by atoms with Crippen LogP contribution in [0.15, 0.2) is 54.6 Å².